The molecule has 2 aromatic carbocycles. The van der Waals surface area contributed by atoms with Crippen LogP contribution >= 0.6 is 0 Å². The third-order valence-electron chi connectivity index (χ3n) is 4.16. The number of hydrogen-bond donors (Lipinski definition) is 3. The fourth-order valence-electron chi connectivity index (χ4n) is 2.52. The van der Waals surface area contributed by atoms with E-state index in [9.17, 15) is 14.4 Å². The monoisotopic (exact) mass is 456 g/mol. The summed E-state index contributed by atoms with van der Waals surface area (Å²) in [6.07, 6.45) is 1.36. The number of benzene rings is 2. The summed E-state index contributed by atoms with van der Waals surface area (Å²) >= 11 is 0. The smallest absolute Gasteiger partial charge is 0.329 e. The molecule has 2 rings (SSSR count). The van der Waals surface area contributed by atoms with Gasteiger partial charge in [0.2, 0.25) is 0 Å². The van der Waals surface area contributed by atoms with Crippen LogP contribution in [0.4, 0.5) is 5.69 Å². The number of carbonyl (C=O) groups excluding carboxylic acids is 3. The summed E-state index contributed by atoms with van der Waals surface area (Å²) in [5.74, 6) is -0.391. The Morgan fingerprint density at radius 3 is 2.48 bits per heavy atom. The summed E-state index contributed by atoms with van der Waals surface area (Å²) in [6.45, 7) is 4.00. The number of nitrogens with zero attached hydrogens (tertiary/aromatic N) is 1. The lowest BCUT2D eigenvalue weighted by Crippen LogP contribution is -2.39. The maximum atomic E-state index is 12.2. The number of amides is 3. The molecule has 0 heterocycles. The van der Waals surface area contributed by atoms with Gasteiger partial charge in [-0.1, -0.05) is 19.9 Å². The first kappa shape index (κ1) is 25.2. The van der Waals surface area contributed by atoms with Gasteiger partial charge in [0.25, 0.3) is 5.91 Å². The minimum absolute atomic E-state index is 0.228. The summed E-state index contributed by atoms with van der Waals surface area (Å²) < 4.78 is 16.0. The summed E-state index contributed by atoms with van der Waals surface area (Å²) in [5.41, 5.74) is 3.33. The molecule has 3 amide bonds. The first-order valence-electron chi connectivity index (χ1n) is 10.2. The number of hydrogen-bond acceptors (Lipinski definition) is 7. The molecule has 0 fully saturated rings. The predicted molar refractivity (Wildman–Crippen MR) is 124 cm³/mol. The highest BCUT2D eigenvalue weighted by atomic mass is 16.5. The number of hydrazone groups is 1. The lowest BCUT2D eigenvalue weighted by atomic mass is 10.2. The molecule has 2 aromatic rings. The van der Waals surface area contributed by atoms with Crippen LogP contribution in [0, 0.1) is 5.92 Å². The van der Waals surface area contributed by atoms with E-state index < -0.39 is 11.8 Å². The minimum Gasteiger partial charge on any atom is -0.497 e. The Morgan fingerprint density at radius 2 is 1.79 bits per heavy atom. The van der Waals surface area contributed by atoms with Crippen molar-refractivity contribution >= 4 is 29.6 Å². The van der Waals surface area contributed by atoms with Gasteiger partial charge in [-0.25, -0.2) is 5.43 Å². The van der Waals surface area contributed by atoms with Gasteiger partial charge in [-0.05, 0) is 41.8 Å². The molecule has 10 heteroatoms. The Hall–Kier alpha value is -4.08. The third-order valence-corrected chi connectivity index (χ3v) is 4.16. The number of rotatable bonds is 10. The molecule has 0 unspecified atom stereocenters. The van der Waals surface area contributed by atoms with Gasteiger partial charge in [0.1, 0.15) is 5.75 Å². The van der Waals surface area contributed by atoms with Crippen LogP contribution in [-0.4, -0.2) is 51.3 Å². The molecule has 33 heavy (non-hydrogen) atoms. The summed E-state index contributed by atoms with van der Waals surface area (Å²) in [6, 6.07) is 11.8. The molecular formula is C23H28N4O6. The number of carbonyl (C=O) groups is 3. The van der Waals surface area contributed by atoms with Crippen molar-refractivity contribution < 1.29 is 28.6 Å². The summed E-state index contributed by atoms with van der Waals surface area (Å²) in [5, 5.41) is 8.99. The van der Waals surface area contributed by atoms with Crippen molar-refractivity contribution in [2.45, 2.75) is 13.8 Å². The Morgan fingerprint density at radius 1 is 1.00 bits per heavy atom. The molecule has 3 N–H and O–H groups in total. The highest BCUT2D eigenvalue weighted by Gasteiger charge is 2.12. The van der Waals surface area contributed by atoms with E-state index >= 15 is 0 Å². The molecule has 0 aliphatic rings. The maximum Gasteiger partial charge on any atom is 0.329 e. The Balaban J connectivity index is 1.90. The van der Waals surface area contributed by atoms with E-state index in [4.69, 9.17) is 14.2 Å². The second kappa shape index (κ2) is 12.7. The zero-order valence-electron chi connectivity index (χ0n) is 19.0. The van der Waals surface area contributed by atoms with Crippen molar-refractivity contribution in [1.82, 2.24) is 10.7 Å². The second-order valence-electron chi connectivity index (χ2n) is 7.28. The average molecular weight is 456 g/mol. The SMILES string of the molecule is COc1cccc(NC(=O)COc2ccc(/C=N\NC(=O)C(=O)NCC(C)C)cc2OC)c1. The molecule has 0 spiro atoms. The van der Waals surface area contributed by atoms with Crippen LogP contribution in [-0.2, 0) is 14.4 Å². The number of nitrogens with one attached hydrogen (secondary N) is 3. The van der Waals surface area contributed by atoms with Gasteiger partial charge < -0.3 is 24.8 Å². The van der Waals surface area contributed by atoms with Crippen LogP contribution in [0.25, 0.3) is 0 Å². The largest absolute Gasteiger partial charge is 0.497 e. The van der Waals surface area contributed by atoms with Crippen LogP contribution in [0.1, 0.15) is 19.4 Å². The highest BCUT2D eigenvalue weighted by molar-refractivity contribution is 6.35. The van der Waals surface area contributed by atoms with Gasteiger partial charge in [0.05, 0.1) is 20.4 Å². The Bertz CT molecular complexity index is 1010. The van der Waals surface area contributed by atoms with Crippen LogP contribution < -0.4 is 30.3 Å². The van der Waals surface area contributed by atoms with Gasteiger partial charge in [-0.2, -0.15) is 5.10 Å². The van der Waals surface area contributed by atoms with Gasteiger partial charge in [-0.3, -0.25) is 14.4 Å². The maximum absolute atomic E-state index is 12.2. The number of anilines is 1. The molecule has 0 saturated heterocycles. The van der Waals surface area contributed by atoms with Crippen LogP contribution in [0.15, 0.2) is 47.6 Å². The molecule has 0 aliphatic heterocycles. The summed E-state index contributed by atoms with van der Waals surface area (Å²) in [7, 11) is 3.00. The molecule has 0 aliphatic carbocycles. The van der Waals surface area contributed by atoms with E-state index in [1.54, 1.807) is 49.6 Å². The van der Waals surface area contributed by atoms with E-state index in [1.807, 2.05) is 13.8 Å². The minimum atomic E-state index is -0.860. The fourth-order valence-corrected chi connectivity index (χ4v) is 2.52. The van der Waals surface area contributed by atoms with Crippen molar-refractivity contribution in [3.63, 3.8) is 0 Å². The molecule has 176 valence electrons. The number of ether oxygens (including phenoxy) is 3. The van der Waals surface area contributed by atoms with E-state index in [1.165, 1.54) is 13.3 Å². The van der Waals surface area contributed by atoms with E-state index in [2.05, 4.69) is 21.2 Å². The third kappa shape index (κ3) is 8.52. The summed E-state index contributed by atoms with van der Waals surface area (Å²) in [4.78, 5) is 35.5. The van der Waals surface area contributed by atoms with Crippen LogP contribution in [0.3, 0.4) is 0 Å². The van der Waals surface area contributed by atoms with E-state index in [0.717, 1.165) is 0 Å². The molecular weight excluding hydrogens is 428 g/mol. The molecule has 10 nitrogen and oxygen atoms in total. The molecule has 0 aromatic heterocycles. The first-order chi connectivity index (χ1) is 15.8. The van der Waals surface area contributed by atoms with Crippen molar-refractivity contribution in [1.29, 1.82) is 0 Å². The lowest BCUT2D eigenvalue weighted by Gasteiger charge is -2.12. The van der Waals surface area contributed by atoms with Gasteiger partial charge >= 0.3 is 11.8 Å². The van der Waals surface area contributed by atoms with E-state index in [0.29, 0.717) is 35.0 Å². The molecule has 0 atom stereocenters. The Kier molecular flexibility index (Phi) is 9.69. The van der Waals surface area contributed by atoms with Crippen LogP contribution in [0.5, 0.6) is 17.2 Å². The molecule has 0 radical (unpaired) electrons. The van der Waals surface area contributed by atoms with Gasteiger partial charge in [0.15, 0.2) is 18.1 Å². The second-order valence-corrected chi connectivity index (χ2v) is 7.28. The first-order valence-corrected chi connectivity index (χ1v) is 10.2. The molecule has 0 bridgehead atoms. The highest BCUT2D eigenvalue weighted by Crippen LogP contribution is 2.27. The van der Waals surface area contributed by atoms with Gasteiger partial charge in [0, 0.05) is 18.3 Å². The topological polar surface area (TPSA) is 127 Å². The zero-order valence-corrected chi connectivity index (χ0v) is 19.0. The number of methoxy groups -OCH3 is 2. The standard InChI is InChI=1S/C23H28N4O6/c1-15(2)12-24-22(29)23(30)27-25-13-16-8-9-19(20(10-16)32-4)33-14-21(28)26-17-6-5-7-18(11-17)31-3/h5-11,13,15H,12,14H2,1-4H3,(H,24,29)(H,26,28)(H,27,30)/b25-13-. The van der Waals surface area contributed by atoms with Crippen molar-refractivity contribution in [3.05, 3.63) is 48.0 Å². The van der Waals surface area contributed by atoms with Crippen molar-refractivity contribution in [2.75, 3.05) is 32.7 Å². The van der Waals surface area contributed by atoms with Crippen molar-refractivity contribution in [3.8, 4) is 17.2 Å². The fraction of sp³-hybridized carbons (Fsp3) is 0.304. The van der Waals surface area contributed by atoms with Crippen molar-refractivity contribution in [2.24, 2.45) is 11.0 Å². The predicted octanol–water partition coefficient (Wildman–Crippen LogP) is 1.94. The average Bonchev–Trinajstić information content (AvgIpc) is 2.81. The zero-order chi connectivity index (χ0) is 24.2. The van der Waals surface area contributed by atoms with Crippen LogP contribution in [0.2, 0.25) is 0 Å². The van der Waals surface area contributed by atoms with Gasteiger partial charge in [-0.15, -0.1) is 0 Å². The van der Waals surface area contributed by atoms with E-state index in [-0.39, 0.29) is 18.4 Å². The lowest BCUT2D eigenvalue weighted by molar-refractivity contribution is -0.139. The molecule has 0 saturated carbocycles. The normalized spacial score (nSPS) is 10.6. The quantitative estimate of drug-likeness (QED) is 0.285. The Labute approximate surface area is 192 Å².